The van der Waals surface area contributed by atoms with Crippen molar-refractivity contribution in [2.24, 2.45) is 17.2 Å². The van der Waals surface area contributed by atoms with Crippen molar-refractivity contribution in [2.45, 2.75) is 0 Å². The van der Waals surface area contributed by atoms with Gasteiger partial charge in [0, 0.05) is 0 Å². The van der Waals surface area contributed by atoms with Crippen LogP contribution in [0.5, 0.6) is 0 Å². The molecule has 1 aromatic carbocycles. The number of nitrogens with one attached hydrogen (secondary N) is 2. The molecule has 1 rings (SSSR count). The van der Waals surface area contributed by atoms with Gasteiger partial charge in [-0.25, -0.2) is 9.38 Å². The second-order valence-corrected chi connectivity index (χ2v) is 4.57. The highest BCUT2D eigenvalue weighted by atomic mass is 79.9. The molecule has 0 aromatic heterocycles. The van der Waals surface area contributed by atoms with E-state index >= 15 is 0 Å². The summed E-state index contributed by atoms with van der Waals surface area (Å²) >= 11 is 6.39. The third-order valence-corrected chi connectivity index (χ3v) is 2.80. The highest BCUT2D eigenvalue weighted by molar-refractivity contribution is 9.11. The van der Waals surface area contributed by atoms with E-state index in [9.17, 15) is 4.39 Å². The molecule has 0 saturated heterocycles. The molecule has 0 aliphatic rings. The number of halogens is 3. The number of rotatable bonds is 1. The van der Waals surface area contributed by atoms with Crippen molar-refractivity contribution in [1.29, 1.82) is 0 Å². The maximum atomic E-state index is 13.0. The Hall–Kier alpha value is -1.15. The lowest BCUT2D eigenvalue weighted by Crippen LogP contribution is -2.96. The third-order valence-electron chi connectivity index (χ3n) is 1.55. The number of benzene rings is 1. The van der Waals surface area contributed by atoms with Crippen LogP contribution >= 0.6 is 31.9 Å². The Morgan fingerprint density at radius 1 is 1.12 bits per heavy atom. The molecule has 0 amide bonds. The molecule has 8 N–H and O–H groups in total. The summed E-state index contributed by atoms with van der Waals surface area (Å²) in [7, 11) is 0. The van der Waals surface area contributed by atoms with E-state index in [1.807, 2.05) is 0 Å². The molecule has 5 nitrogen and oxygen atoms in total. The van der Waals surface area contributed by atoms with Crippen LogP contribution in [0.4, 0.5) is 10.1 Å². The van der Waals surface area contributed by atoms with Crippen molar-refractivity contribution in [3.05, 3.63) is 26.9 Å². The minimum absolute atomic E-state index is 0.0423. The van der Waals surface area contributed by atoms with Gasteiger partial charge in [0.1, 0.15) is 11.5 Å². The number of nitrogens with two attached hydrogens (primary N) is 3. The van der Waals surface area contributed by atoms with Gasteiger partial charge in [0.2, 0.25) is 0 Å². The molecule has 0 aliphatic heterocycles. The number of hydrogen-bond acceptors (Lipinski definition) is 0. The van der Waals surface area contributed by atoms with E-state index in [-0.39, 0.29) is 17.7 Å². The van der Waals surface area contributed by atoms with Crippen LogP contribution < -0.4 is 27.2 Å². The van der Waals surface area contributed by atoms with E-state index in [1.165, 1.54) is 12.1 Å². The lowest BCUT2D eigenvalue weighted by Gasteiger charge is -2.00. The van der Waals surface area contributed by atoms with Gasteiger partial charge in [-0.05, 0) is 44.0 Å². The summed E-state index contributed by atoms with van der Waals surface area (Å²) in [5.74, 6) is -0.284. The van der Waals surface area contributed by atoms with Crippen LogP contribution in [-0.2, 0) is 0 Å². The second-order valence-electron chi connectivity index (χ2n) is 2.86. The fourth-order valence-corrected chi connectivity index (χ4v) is 2.31. The van der Waals surface area contributed by atoms with Crippen molar-refractivity contribution < 1.29 is 14.4 Å². The highest BCUT2D eigenvalue weighted by Crippen LogP contribution is 2.27. The predicted molar refractivity (Wildman–Crippen MR) is 66.0 cm³/mol. The van der Waals surface area contributed by atoms with Crippen molar-refractivity contribution in [1.82, 2.24) is 0 Å². The molecular weight excluding hydrogens is 345 g/mol. The van der Waals surface area contributed by atoms with Gasteiger partial charge < -0.3 is 0 Å². The molecule has 1 aromatic rings. The minimum Gasteiger partial charge on any atom is -0.275 e. The van der Waals surface area contributed by atoms with Crippen LogP contribution in [0.3, 0.4) is 0 Å². The van der Waals surface area contributed by atoms with Crippen LogP contribution in [0.1, 0.15) is 0 Å². The van der Waals surface area contributed by atoms with Crippen molar-refractivity contribution in [3.63, 3.8) is 0 Å². The zero-order valence-electron chi connectivity index (χ0n) is 8.02. The van der Waals surface area contributed by atoms with Crippen molar-refractivity contribution in [2.75, 3.05) is 0 Å². The van der Waals surface area contributed by atoms with Crippen LogP contribution in [0.25, 0.3) is 0 Å². The van der Waals surface area contributed by atoms with Crippen LogP contribution in [0, 0.1) is 5.82 Å². The fourth-order valence-electron chi connectivity index (χ4n) is 0.983. The molecule has 0 bridgehead atoms. The zero-order chi connectivity index (χ0) is 12.3. The largest absolute Gasteiger partial charge is 0.390 e. The smallest absolute Gasteiger partial charge is 0.275 e. The van der Waals surface area contributed by atoms with Gasteiger partial charge in [-0.1, -0.05) is 0 Å². The predicted octanol–water partition coefficient (Wildman–Crippen LogP) is -2.27. The molecule has 0 saturated carbocycles. The number of hydrogen-bond donors (Lipinski definition) is 5. The molecule has 16 heavy (non-hydrogen) atoms. The molecule has 0 atom stereocenters. The van der Waals surface area contributed by atoms with Gasteiger partial charge in [-0.15, -0.1) is 0 Å². The molecule has 0 heterocycles. The third kappa shape index (κ3) is 3.46. The molecular formula is C8H10Br2FN5+2. The number of guanidine groups is 2. The summed E-state index contributed by atoms with van der Waals surface area (Å²) in [5, 5.41) is 0. The summed E-state index contributed by atoms with van der Waals surface area (Å²) in [6, 6.07) is 2.60. The Morgan fingerprint density at radius 3 is 2.06 bits per heavy atom. The van der Waals surface area contributed by atoms with Gasteiger partial charge in [-0.3, -0.25) is 17.2 Å². The zero-order valence-corrected chi connectivity index (χ0v) is 11.2. The first kappa shape index (κ1) is 12.9. The maximum Gasteiger partial charge on any atom is 0.390 e. The molecule has 8 heteroatoms. The average molecular weight is 355 g/mol. The summed E-state index contributed by atoms with van der Waals surface area (Å²) in [6.07, 6.45) is 0. The Labute approximate surface area is 108 Å². The van der Waals surface area contributed by atoms with E-state index in [0.29, 0.717) is 14.6 Å². The second kappa shape index (κ2) is 5.26. The molecule has 0 unspecified atom stereocenters. The van der Waals surface area contributed by atoms with Crippen LogP contribution in [0.15, 0.2) is 21.1 Å². The topological polar surface area (TPSA) is 106 Å². The quantitative estimate of drug-likeness (QED) is 0.290. The van der Waals surface area contributed by atoms with E-state index in [4.69, 9.17) is 17.2 Å². The summed E-state index contributed by atoms with van der Waals surface area (Å²) in [4.78, 5) is 5.26. The van der Waals surface area contributed by atoms with Crippen molar-refractivity contribution >= 4 is 49.5 Å². The molecule has 0 radical (unpaired) electrons. The summed E-state index contributed by atoms with van der Waals surface area (Å²) in [5.41, 5.74) is 16.5. The standard InChI is InChI=1S/C8H8Br2FN5/c9-4-1-3(11)2-5(10)6(4)15-8(14)16-7(12)13/h1-2H,(H6,12,13,14,15,16)/p+2. The van der Waals surface area contributed by atoms with Gasteiger partial charge in [0.15, 0.2) is 0 Å². The van der Waals surface area contributed by atoms with Gasteiger partial charge in [-0.2, -0.15) is 4.99 Å². The Bertz CT molecular complexity index is 444. The van der Waals surface area contributed by atoms with Gasteiger partial charge >= 0.3 is 11.9 Å². The fraction of sp³-hybridized carbons (Fsp3) is 0. The lowest BCUT2D eigenvalue weighted by atomic mass is 10.3. The summed E-state index contributed by atoms with van der Waals surface area (Å²) < 4.78 is 14.0. The lowest BCUT2D eigenvalue weighted by molar-refractivity contribution is -0.460. The van der Waals surface area contributed by atoms with Crippen LogP contribution in [0.2, 0.25) is 0 Å². The van der Waals surface area contributed by atoms with Gasteiger partial charge in [0.05, 0.1) is 8.95 Å². The average Bonchev–Trinajstić information content (AvgIpc) is 2.09. The first-order valence-corrected chi connectivity index (χ1v) is 5.67. The van der Waals surface area contributed by atoms with Crippen LogP contribution in [-0.4, -0.2) is 11.9 Å². The molecule has 0 aliphatic carbocycles. The monoisotopic (exact) mass is 353 g/mol. The Kier molecular flexibility index (Phi) is 4.25. The first-order valence-electron chi connectivity index (χ1n) is 4.09. The SMILES string of the molecule is NC(N)=[NH+]C(N)=[NH+]c1c(Br)cc(F)cc1Br. The van der Waals surface area contributed by atoms with E-state index in [0.717, 1.165) is 0 Å². The Morgan fingerprint density at radius 2 is 1.62 bits per heavy atom. The maximum absolute atomic E-state index is 13.0. The van der Waals surface area contributed by atoms with E-state index in [1.54, 1.807) is 0 Å². The molecule has 86 valence electrons. The normalized spacial score (nSPS) is 11.3. The molecule has 0 spiro atoms. The van der Waals surface area contributed by atoms with E-state index in [2.05, 4.69) is 41.8 Å². The van der Waals surface area contributed by atoms with E-state index < -0.39 is 0 Å². The Balaban J connectivity index is 3.20. The first-order chi connectivity index (χ1) is 7.40. The van der Waals surface area contributed by atoms with Crippen molar-refractivity contribution in [3.8, 4) is 0 Å². The summed E-state index contributed by atoms with van der Waals surface area (Å²) in [6.45, 7) is 0. The highest BCUT2D eigenvalue weighted by Gasteiger charge is 2.10. The van der Waals surface area contributed by atoms with Gasteiger partial charge in [0.25, 0.3) is 0 Å². The molecule has 0 fully saturated rings. The minimum atomic E-state index is -0.374.